The van der Waals surface area contributed by atoms with Gasteiger partial charge in [0.05, 0.1) is 18.5 Å². The van der Waals surface area contributed by atoms with Crippen molar-refractivity contribution in [3.05, 3.63) is 47.0 Å². The van der Waals surface area contributed by atoms with E-state index in [9.17, 15) is 4.79 Å². The Balaban J connectivity index is 2.01. The van der Waals surface area contributed by atoms with Gasteiger partial charge >= 0.3 is 0 Å². The van der Waals surface area contributed by atoms with Crippen molar-refractivity contribution in [2.45, 2.75) is 13.8 Å². The first kappa shape index (κ1) is 20.6. The fourth-order valence-electron chi connectivity index (χ4n) is 3.32. The molecule has 29 heavy (non-hydrogen) atoms. The molecular weight excluding hydrogens is 368 g/mol. The summed E-state index contributed by atoms with van der Waals surface area (Å²) in [6, 6.07) is 9.14. The summed E-state index contributed by atoms with van der Waals surface area (Å²) in [5, 5.41) is 0. The highest BCUT2D eigenvalue weighted by Crippen LogP contribution is 2.41. The molecular formula is C23H28N2O4. The summed E-state index contributed by atoms with van der Waals surface area (Å²) in [6.45, 7) is 4.96. The number of ether oxygens (including phenoxy) is 3. The lowest BCUT2D eigenvalue weighted by molar-refractivity contribution is 0.102. The number of carbonyl (C=O) groups excluding carboxylic acids is 1. The summed E-state index contributed by atoms with van der Waals surface area (Å²) in [4.78, 5) is 15.2. The molecule has 0 spiro atoms. The number of anilines is 2. The number of Topliss-reactive ketones (excluding diaryl/α,β-unsaturated/α-hetero) is 1. The van der Waals surface area contributed by atoms with E-state index >= 15 is 0 Å². The normalized spacial score (nSPS) is 13.4. The van der Waals surface area contributed by atoms with Crippen LogP contribution in [-0.4, -0.2) is 40.2 Å². The fraction of sp³-hybridized carbons (Fsp3) is 0.348. The van der Waals surface area contributed by atoms with Crippen molar-refractivity contribution >= 4 is 23.2 Å². The molecule has 0 bridgehead atoms. The summed E-state index contributed by atoms with van der Waals surface area (Å²) < 4.78 is 16.8. The van der Waals surface area contributed by atoms with E-state index < -0.39 is 0 Å². The van der Waals surface area contributed by atoms with E-state index in [1.807, 2.05) is 63.2 Å². The molecule has 1 heterocycles. The fourth-order valence-corrected chi connectivity index (χ4v) is 3.32. The Morgan fingerprint density at radius 2 is 1.90 bits per heavy atom. The zero-order valence-electron chi connectivity index (χ0n) is 17.6. The molecule has 0 atom stereocenters. The van der Waals surface area contributed by atoms with Crippen molar-refractivity contribution in [3.63, 3.8) is 0 Å². The zero-order valence-corrected chi connectivity index (χ0v) is 17.6. The molecule has 154 valence electrons. The number of nitrogens with two attached hydrogens (primary N) is 1. The van der Waals surface area contributed by atoms with Crippen LogP contribution in [0.5, 0.6) is 17.2 Å². The number of hydrogen-bond donors (Lipinski definition) is 1. The first-order valence-electron chi connectivity index (χ1n) is 9.62. The topological polar surface area (TPSA) is 74.0 Å². The van der Waals surface area contributed by atoms with Gasteiger partial charge in [0.2, 0.25) is 5.75 Å². The van der Waals surface area contributed by atoms with Crippen molar-refractivity contribution in [1.29, 1.82) is 0 Å². The molecule has 0 aliphatic carbocycles. The van der Waals surface area contributed by atoms with Gasteiger partial charge in [-0.2, -0.15) is 0 Å². The number of allylic oxidation sites excluding steroid dienone is 1. The van der Waals surface area contributed by atoms with Crippen molar-refractivity contribution in [1.82, 2.24) is 0 Å². The number of carbonyl (C=O) groups is 1. The minimum absolute atomic E-state index is 0.0245. The average Bonchev–Trinajstić information content (AvgIpc) is 2.70. The molecule has 2 N–H and O–H groups in total. The maximum absolute atomic E-state index is 13.2. The minimum atomic E-state index is -0.0501. The van der Waals surface area contributed by atoms with Crippen molar-refractivity contribution in [2.75, 3.05) is 45.1 Å². The summed E-state index contributed by atoms with van der Waals surface area (Å²) >= 11 is 0. The molecule has 6 heteroatoms. The van der Waals surface area contributed by atoms with Crippen LogP contribution in [0.15, 0.2) is 35.9 Å². The van der Waals surface area contributed by atoms with Gasteiger partial charge in [0.1, 0.15) is 13.2 Å². The van der Waals surface area contributed by atoms with Gasteiger partial charge in [-0.15, -0.1) is 0 Å². The second-order valence-corrected chi connectivity index (χ2v) is 7.50. The second-order valence-electron chi connectivity index (χ2n) is 7.50. The van der Waals surface area contributed by atoms with Gasteiger partial charge in [0.25, 0.3) is 0 Å². The summed E-state index contributed by atoms with van der Waals surface area (Å²) in [6.07, 6.45) is 1.88. The largest absolute Gasteiger partial charge is 0.493 e. The van der Waals surface area contributed by atoms with E-state index in [1.54, 1.807) is 13.2 Å². The first-order chi connectivity index (χ1) is 13.8. The van der Waals surface area contributed by atoms with Crippen LogP contribution in [0.1, 0.15) is 29.8 Å². The van der Waals surface area contributed by atoms with Crippen molar-refractivity contribution < 1.29 is 19.0 Å². The highest BCUT2D eigenvalue weighted by Gasteiger charge is 2.21. The predicted octanol–water partition coefficient (Wildman–Crippen LogP) is 4.04. The molecule has 1 aliphatic heterocycles. The third-order valence-corrected chi connectivity index (χ3v) is 4.83. The second kappa shape index (κ2) is 8.47. The number of nitrogens with zero attached hydrogens (tertiary/aromatic N) is 1. The lowest BCUT2D eigenvalue weighted by Gasteiger charge is -2.21. The van der Waals surface area contributed by atoms with Crippen LogP contribution in [0.4, 0.5) is 11.4 Å². The predicted molar refractivity (Wildman–Crippen MR) is 116 cm³/mol. The lowest BCUT2D eigenvalue weighted by atomic mass is 9.92. The minimum Gasteiger partial charge on any atom is -0.493 e. The van der Waals surface area contributed by atoms with Gasteiger partial charge in [0, 0.05) is 25.2 Å². The monoisotopic (exact) mass is 396 g/mol. The van der Waals surface area contributed by atoms with Gasteiger partial charge in [-0.3, -0.25) is 4.79 Å². The number of nitrogen functional groups attached to an aromatic ring is 1. The van der Waals surface area contributed by atoms with Gasteiger partial charge in [-0.05, 0) is 47.9 Å². The standard InChI is InChI=1S/C23H28N2O4/c1-14(2)17(22(26)16-6-7-19(25(3)4)18(24)13-16)10-15-11-20(27-5)23-21(12-15)28-8-9-29-23/h6-7,10-14H,8-9,24H2,1-5H3. The Labute approximate surface area is 171 Å². The van der Waals surface area contributed by atoms with Crippen LogP contribution in [0.2, 0.25) is 0 Å². The highest BCUT2D eigenvalue weighted by atomic mass is 16.6. The smallest absolute Gasteiger partial charge is 0.203 e. The number of hydrogen-bond acceptors (Lipinski definition) is 6. The van der Waals surface area contributed by atoms with Crippen LogP contribution in [0, 0.1) is 5.92 Å². The Morgan fingerprint density at radius 3 is 2.52 bits per heavy atom. The maximum Gasteiger partial charge on any atom is 0.203 e. The van der Waals surface area contributed by atoms with E-state index in [2.05, 4.69) is 0 Å². The number of benzene rings is 2. The number of fused-ring (bicyclic) bond motifs is 1. The van der Waals surface area contributed by atoms with E-state index in [1.165, 1.54) is 0 Å². The molecule has 3 rings (SSSR count). The summed E-state index contributed by atoms with van der Waals surface area (Å²) in [5.41, 5.74) is 9.67. The molecule has 0 fully saturated rings. The summed E-state index contributed by atoms with van der Waals surface area (Å²) in [5.74, 6) is 1.78. The molecule has 0 aromatic heterocycles. The van der Waals surface area contributed by atoms with Crippen LogP contribution < -0.4 is 24.8 Å². The van der Waals surface area contributed by atoms with E-state index in [0.29, 0.717) is 47.3 Å². The highest BCUT2D eigenvalue weighted by molar-refractivity contribution is 6.12. The van der Waals surface area contributed by atoms with Gasteiger partial charge < -0.3 is 24.8 Å². The average molecular weight is 396 g/mol. The van der Waals surface area contributed by atoms with Gasteiger partial charge in [-0.1, -0.05) is 13.8 Å². The Bertz CT molecular complexity index is 931. The van der Waals surface area contributed by atoms with E-state index in [4.69, 9.17) is 19.9 Å². The van der Waals surface area contributed by atoms with E-state index in [0.717, 1.165) is 11.3 Å². The molecule has 0 amide bonds. The van der Waals surface area contributed by atoms with Gasteiger partial charge in [-0.25, -0.2) is 0 Å². The van der Waals surface area contributed by atoms with Crippen LogP contribution >= 0.6 is 0 Å². The zero-order chi connectivity index (χ0) is 21.1. The Hall–Kier alpha value is -3.15. The SMILES string of the molecule is COc1cc(C=C(C(=O)c2ccc(N(C)C)c(N)c2)C(C)C)cc2c1OCCO2. The number of rotatable bonds is 6. The van der Waals surface area contributed by atoms with Gasteiger partial charge in [0.15, 0.2) is 17.3 Å². The molecule has 2 aromatic rings. The van der Waals surface area contributed by atoms with Crippen LogP contribution in [-0.2, 0) is 0 Å². The third kappa shape index (κ3) is 4.31. The Morgan fingerprint density at radius 1 is 1.17 bits per heavy atom. The molecule has 0 unspecified atom stereocenters. The number of ketones is 1. The summed E-state index contributed by atoms with van der Waals surface area (Å²) in [7, 11) is 5.43. The van der Waals surface area contributed by atoms with Crippen LogP contribution in [0.3, 0.4) is 0 Å². The maximum atomic E-state index is 13.2. The molecule has 2 aromatic carbocycles. The molecule has 6 nitrogen and oxygen atoms in total. The third-order valence-electron chi connectivity index (χ3n) is 4.83. The quantitative estimate of drug-likeness (QED) is 0.451. The van der Waals surface area contributed by atoms with Crippen molar-refractivity contribution in [3.8, 4) is 17.2 Å². The number of methoxy groups -OCH3 is 1. The Kier molecular flexibility index (Phi) is 6.01. The van der Waals surface area contributed by atoms with Crippen molar-refractivity contribution in [2.24, 2.45) is 5.92 Å². The molecule has 0 saturated heterocycles. The van der Waals surface area contributed by atoms with E-state index in [-0.39, 0.29) is 11.7 Å². The molecule has 0 saturated carbocycles. The molecule has 1 aliphatic rings. The molecule has 0 radical (unpaired) electrons. The first-order valence-corrected chi connectivity index (χ1v) is 9.62. The lowest BCUT2D eigenvalue weighted by Crippen LogP contribution is -2.16. The van der Waals surface area contributed by atoms with Crippen LogP contribution in [0.25, 0.3) is 6.08 Å².